The molecule has 0 saturated carbocycles. The lowest BCUT2D eigenvalue weighted by Gasteiger charge is -2.29. The largest absolute Gasteiger partial charge is 0.307 e. The molecule has 0 fully saturated rings. The van der Waals surface area contributed by atoms with E-state index in [1.807, 2.05) is 47.1 Å². The van der Waals surface area contributed by atoms with Crippen LogP contribution in [-0.4, -0.2) is 35.6 Å². The first-order valence-electron chi connectivity index (χ1n) is 9.45. The SMILES string of the molecule is CS(=O)(=O)N1CCCc2cc(-c3csc(Cc4cn5ccccc5n4)n3)ccc21. The summed E-state index contributed by atoms with van der Waals surface area (Å²) in [6.07, 6.45) is 7.70. The van der Waals surface area contributed by atoms with E-state index < -0.39 is 10.0 Å². The smallest absolute Gasteiger partial charge is 0.232 e. The van der Waals surface area contributed by atoms with Crippen molar-refractivity contribution in [3.63, 3.8) is 0 Å². The van der Waals surface area contributed by atoms with Crippen LogP contribution in [-0.2, 0) is 22.9 Å². The Morgan fingerprint density at radius 1 is 1.17 bits per heavy atom. The summed E-state index contributed by atoms with van der Waals surface area (Å²) in [5.74, 6) is 0. The van der Waals surface area contributed by atoms with Gasteiger partial charge in [0.05, 0.1) is 28.3 Å². The lowest BCUT2D eigenvalue weighted by molar-refractivity contribution is 0.592. The summed E-state index contributed by atoms with van der Waals surface area (Å²) in [6.45, 7) is 0.547. The molecule has 8 heteroatoms. The summed E-state index contributed by atoms with van der Waals surface area (Å²) in [6, 6.07) is 11.9. The highest BCUT2D eigenvalue weighted by molar-refractivity contribution is 7.92. The van der Waals surface area contributed by atoms with E-state index in [0.717, 1.165) is 51.7 Å². The van der Waals surface area contributed by atoms with E-state index in [-0.39, 0.29) is 0 Å². The number of nitrogens with zero attached hydrogens (tertiary/aromatic N) is 4. The van der Waals surface area contributed by atoms with Crippen LogP contribution in [0.5, 0.6) is 0 Å². The number of benzene rings is 1. The van der Waals surface area contributed by atoms with Crippen LogP contribution in [0.3, 0.4) is 0 Å². The number of hydrogen-bond acceptors (Lipinski definition) is 5. The third-order valence-corrected chi connectivity index (χ3v) is 7.18. The lowest BCUT2D eigenvalue weighted by Crippen LogP contribution is -2.34. The van der Waals surface area contributed by atoms with Crippen LogP contribution < -0.4 is 4.31 Å². The molecule has 1 aliphatic heterocycles. The van der Waals surface area contributed by atoms with E-state index in [1.54, 1.807) is 11.3 Å². The van der Waals surface area contributed by atoms with Crippen molar-refractivity contribution in [1.82, 2.24) is 14.4 Å². The van der Waals surface area contributed by atoms with Crippen LogP contribution in [0.1, 0.15) is 22.7 Å². The van der Waals surface area contributed by atoms with Crippen molar-refractivity contribution in [2.75, 3.05) is 17.1 Å². The van der Waals surface area contributed by atoms with Gasteiger partial charge >= 0.3 is 0 Å². The summed E-state index contributed by atoms with van der Waals surface area (Å²) in [5, 5.41) is 3.07. The first kappa shape index (κ1) is 18.3. The maximum absolute atomic E-state index is 12.1. The average Bonchev–Trinajstić information content (AvgIpc) is 3.33. The molecule has 0 unspecified atom stereocenters. The number of aryl methyl sites for hydroxylation is 1. The Labute approximate surface area is 173 Å². The van der Waals surface area contributed by atoms with Gasteiger partial charge < -0.3 is 4.40 Å². The summed E-state index contributed by atoms with van der Waals surface area (Å²) in [4.78, 5) is 9.45. The van der Waals surface area contributed by atoms with E-state index in [1.165, 1.54) is 10.6 Å². The molecule has 0 N–H and O–H groups in total. The highest BCUT2D eigenvalue weighted by Gasteiger charge is 2.24. The Balaban J connectivity index is 1.42. The standard InChI is InChI=1S/C21H20N4O2S2/c1-29(26,27)25-10-4-5-16-11-15(7-8-19(16)25)18-14-28-21(23-18)12-17-13-24-9-3-2-6-20(24)22-17/h2-3,6-9,11,13-14H,4-5,10,12H2,1H3. The van der Waals surface area contributed by atoms with Gasteiger partial charge in [0.2, 0.25) is 10.0 Å². The average molecular weight is 425 g/mol. The quantitative estimate of drug-likeness (QED) is 0.500. The second-order valence-corrected chi connectivity index (χ2v) is 10.1. The van der Waals surface area contributed by atoms with Gasteiger partial charge in [0, 0.05) is 36.3 Å². The molecule has 1 aliphatic rings. The molecule has 0 bridgehead atoms. The number of fused-ring (bicyclic) bond motifs is 2. The van der Waals surface area contributed by atoms with Gasteiger partial charge in [-0.25, -0.2) is 18.4 Å². The molecule has 4 heterocycles. The highest BCUT2D eigenvalue weighted by atomic mass is 32.2. The normalized spacial score (nSPS) is 14.3. The minimum absolute atomic E-state index is 0.547. The van der Waals surface area contributed by atoms with Gasteiger partial charge in [-0.3, -0.25) is 4.31 Å². The Bertz CT molecular complexity index is 1270. The number of sulfonamides is 1. The van der Waals surface area contributed by atoms with Crippen LogP contribution in [0.2, 0.25) is 0 Å². The molecule has 0 spiro atoms. The fourth-order valence-electron chi connectivity index (χ4n) is 3.82. The molecule has 0 radical (unpaired) electrons. The van der Waals surface area contributed by atoms with Crippen molar-refractivity contribution >= 4 is 32.7 Å². The van der Waals surface area contributed by atoms with Crippen LogP contribution in [0, 0.1) is 0 Å². The number of imidazole rings is 1. The lowest BCUT2D eigenvalue weighted by atomic mass is 10.00. The number of rotatable bonds is 4. The predicted octanol–water partition coefficient (Wildman–Crippen LogP) is 3.76. The van der Waals surface area contributed by atoms with Crippen LogP contribution >= 0.6 is 11.3 Å². The third kappa shape index (κ3) is 3.54. The fraction of sp³-hybridized carbons (Fsp3) is 0.238. The Morgan fingerprint density at radius 2 is 2.07 bits per heavy atom. The van der Waals surface area contributed by atoms with Crippen molar-refractivity contribution in [2.45, 2.75) is 19.3 Å². The van der Waals surface area contributed by atoms with E-state index in [0.29, 0.717) is 13.0 Å². The van der Waals surface area contributed by atoms with Crippen molar-refractivity contribution in [2.24, 2.45) is 0 Å². The van der Waals surface area contributed by atoms with Crippen molar-refractivity contribution < 1.29 is 8.42 Å². The van der Waals surface area contributed by atoms with Crippen LogP contribution in [0.25, 0.3) is 16.9 Å². The summed E-state index contributed by atoms with van der Waals surface area (Å²) in [5.41, 5.74) is 5.73. The van der Waals surface area contributed by atoms with E-state index in [2.05, 4.69) is 16.4 Å². The van der Waals surface area contributed by atoms with Crippen LogP contribution in [0.4, 0.5) is 5.69 Å². The van der Waals surface area contributed by atoms with Crippen molar-refractivity contribution in [3.8, 4) is 11.3 Å². The zero-order chi connectivity index (χ0) is 20.0. The maximum atomic E-state index is 12.1. The predicted molar refractivity (Wildman–Crippen MR) is 116 cm³/mol. The van der Waals surface area contributed by atoms with Gasteiger partial charge in [0.15, 0.2) is 0 Å². The zero-order valence-electron chi connectivity index (χ0n) is 15.9. The molecule has 3 aromatic heterocycles. The van der Waals surface area contributed by atoms with E-state index in [4.69, 9.17) is 4.98 Å². The van der Waals surface area contributed by atoms with E-state index in [9.17, 15) is 8.42 Å². The number of aromatic nitrogens is 3. The monoisotopic (exact) mass is 424 g/mol. The minimum atomic E-state index is -3.25. The van der Waals surface area contributed by atoms with Crippen molar-refractivity contribution in [1.29, 1.82) is 0 Å². The topological polar surface area (TPSA) is 67.6 Å². The van der Waals surface area contributed by atoms with Gasteiger partial charge in [0.1, 0.15) is 5.65 Å². The summed E-state index contributed by atoms with van der Waals surface area (Å²) in [7, 11) is -3.25. The molecule has 29 heavy (non-hydrogen) atoms. The zero-order valence-corrected chi connectivity index (χ0v) is 17.6. The number of pyridine rings is 1. The van der Waals surface area contributed by atoms with Gasteiger partial charge in [-0.05, 0) is 42.7 Å². The fourth-order valence-corrected chi connectivity index (χ4v) is 5.63. The number of hydrogen-bond donors (Lipinski definition) is 0. The van der Waals surface area contributed by atoms with Gasteiger partial charge in [0.25, 0.3) is 0 Å². The van der Waals surface area contributed by atoms with Gasteiger partial charge in [-0.15, -0.1) is 11.3 Å². The van der Waals surface area contributed by atoms with Crippen LogP contribution in [0.15, 0.2) is 54.2 Å². The minimum Gasteiger partial charge on any atom is -0.307 e. The molecule has 4 aromatic rings. The van der Waals surface area contributed by atoms with Gasteiger partial charge in [-0.2, -0.15) is 0 Å². The summed E-state index contributed by atoms with van der Waals surface area (Å²) >= 11 is 1.62. The first-order chi connectivity index (χ1) is 14.0. The maximum Gasteiger partial charge on any atom is 0.232 e. The third-order valence-electron chi connectivity index (χ3n) is 5.15. The molecule has 1 aromatic carbocycles. The molecule has 148 valence electrons. The molecule has 0 saturated heterocycles. The number of anilines is 1. The molecule has 6 nitrogen and oxygen atoms in total. The van der Waals surface area contributed by atoms with Gasteiger partial charge in [-0.1, -0.05) is 12.1 Å². The summed E-state index contributed by atoms with van der Waals surface area (Å²) < 4.78 is 27.6. The van der Waals surface area contributed by atoms with E-state index >= 15 is 0 Å². The first-order valence-corrected chi connectivity index (χ1v) is 12.2. The Kier molecular flexibility index (Phi) is 4.40. The molecule has 5 rings (SSSR count). The van der Waals surface area contributed by atoms with Crippen molar-refractivity contribution in [3.05, 3.63) is 70.4 Å². The second kappa shape index (κ2) is 6.96. The molecule has 0 aliphatic carbocycles. The molecular formula is C21H20N4O2S2. The Hall–Kier alpha value is -2.71. The number of thiazole rings is 1. The molecule has 0 amide bonds. The molecule has 0 atom stereocenters. The Morgan fingerprint density at radius 3 is 2.90 bits per heavy atom. The highest BCUT2D eigenvalue weighted by Crippen LogP contribution is 2.33. The second-order valence-electron chi connectivity index (χ2n) is 7.28. The molecular weight excluding hydrogens is 404 g/mol.